The van der Waals surface area contributed by atoms with E-state index in [4.69, 9.17) is 19.7 Å². The van der Waals surface area contributed by atoms with Crippen molar-refractivity contribution in [2.75, 3.05) is 18.9 Å². The number of hydrogen-bond acceptors (Lipinski definition) is 8. The summed E-state index contributed by atoms with van der Waals surface area (Å²) in [6.45, 7) is 2.74. The van der Waals surface area contributed by atoms with Gasteiger partial charge in [0, 0.05) is 12.7 Å². The van der Waals surface area contributed by atoms with Crippen LogP contribution in [0.5, 0.6) is 11.5 Å². The Bertz CT molecular complexity index is 1350. The quantitative estimate of drug-likeness (QED) is 0.412. The van der Waals surface area contributed by atoms with Crippen LogP contribution in [0.25, 0.3) is 11.0 Å². The second-order valence-corrected chi connectivity index (χ2v) is 8.74. The van der Waals surface area contributed by atoms with Gasteiger partial charge in [-0.15, -0.1) is 0 Å². The lowest BCUT2D eigenvalue weighted by Crippen LogP contribution is -2.15. The number of nitrogens with two attached hydrogens (primary N) is 1. The van der Waals surface area contributed by atoms with Crippen LogP contribution in [-0.2, 0) is 23.1 Å². The number of fused-ring (bicyclic) bond motifs is 1. The zero-order valence-corrected chi connectivity index (χ0v) is 18.6. The zero-order chi connectivity index (χ0) is 22.9. The van der Waals surface area contributed by atoms with Gasteiger partial charge in [0.1, 0.15) is 11.5 Å². The van der Waals surface area contributed by atoms with E-state index in [1.807, 2.05) is 25.3 Å². The van der Waals surface area contributed by atoms with E-state index in [0.29, 0.717) is 24.1 Å². The summed E-state index contributed by atoms with van der Waals surface area (Å²) >= 11 is 0. The van der Waals surface area contributed by atoms with Gasteiger partial charge in [0.05, 0.1) is 31.8 Å². The van der Waals surface area contributed by atoms with E-state index in [2.05, 4.69) is 15.0 Å². The SMILES string of the molecule is COc1cccc(OC)c1S(=O)(=O)Nc1noc2cc(Cn3ccc(CN)n3)cc(C)c12. The first kappa shape index (κ1) is 21.7. The maximum absolute atomic E-state index is 13.2. The molecule has 0 amide bonds. The molecule has 168 valence electrons. The second-order valence-electron chi connectivity index (χ2n) is 7.12. The molecule has 0 saturated heterocycles. The van der Waals surface area contributed by atoms with E-state index in [-0.39, 0.29) is 22.2 Å². The largest absolute Gasteiger partial charge is 0.495 e. The molecule has 32 heavy (non-hydrogen) atoms. The van der Waals surface area contributed by atoms with Gasteiger partial charge in [0.15, 0.2) is 16.3 Å². The van der Waals surface area contributed by atoms with Crippen molar-refractivity contribution in [3.63, 3.8) is 0 Å². The van der Waals surface area contributed by atoms with Gasteiger partial charge >= 0.3 is 0 Å². The van der Waals surface area contributed by atoms with Crippen LogP contribution in [0.4, 0.5) is 5.82 Å². The van der Waals surface area contributed by atoms with Crippen LogP contribution in [0.1, 0.15) is 16.8 Å². The van der Waals surface area contributed by atoms with E-state index in [0.717, 1.165) is 16.8 Å². The Morgan fingerprint density at radius 3 is 2.50 bits per heavy atom. The van der Waals surface area contributed by atoms with Crippen molar-refractivity contribution in [3.8, 4) is 11.5 Å². The molecule has 4 aromatic rings. The van der Waals surface area contributed by atoms with Crippen molar-refractivity contribution >= 4 is 26.8 Å². The number of rotatable bonds is 8. The van der Waals surface area contributed by atoms with Gasteiger partial charge < -0.3 is 19.7 Å². The lowest BCUT2D eigenvalue weighted by atomic mass is 10.1. The highest BCUT2D eigenvalue weighted by molar-refractivity contribution is 7.93. The standard InChI is InChI=1S/C21H23N5O5S/c1-13-9-14(12-26-8-7-15(11-22)23-26)10-18-19(13)21(24-31-18)25-32(27,28)20-16(29-2)5-4-6-17(20)30-3/h4-10H,11-12,22H2,1-3H3,(H,24,25). The molecule has 4 rings (SSSR count). The minimum atomic E-state index is -4.08. The second kappa shape index (κ2) is 8.52. The Balaban J connectivity index is 1.69. The van der Waals surface area contributed by atoms with Gasteiger partial charge in [-0.05, 0) is 42.3 Å². The summed E-state index contributed by atoms with van der Waals surface area (Å²) in [6.07, 6.45) is 1.85. The Labute approximate surface area is 185 Å². The molecule has 0 unspecified atom stereocenters. The number of nitrogens with one attached hydrogen (secondary N) is 1. The fourth-order valence-electron chi connectivity index (χ4n) is 3.55. The predicted octanol–water partition coefficient (Wildman–Crippen LogP) is 2.66. The molecule has 0 aliphatic carbocycles. The summed E-state index contributed by atoms with van der Waals surface area (Å²) in [7, 11) is -1.30. The molecule has 0 atom stereocenters. The monoisotopic (exact) mass is 457 g/mol. The minimum Gasteiger partial charge on any atom is -0.495 e. The number of anilines is 1. The van der Waals surface area contributed by atoms with Gasteiger partial charge in [-0.3, -0.25) is 9.40 Å². The molecule has 2 aromatic heterocycles. The molecule has 11 heteroatoms. The van der Waals surface area contributed by atoms with Crippen molar-refractivity contribution < 1.29 is 22.4 Å². The molecule has 0 aliphatic rings. The van der Waals surface area contributed by atoms with Gasteiger partial charge in [-0.25, -0.2) is 8.42 Å². The summed E-state index contributed by atoms with van der Waals surface area (Å²) in [5.74, 6) is 0.390. The minimum absolute atomic E-state index is 0.0847. The topological polar surface area (TPSA) is 134 Å². The van der Waals surface area contributed by atoms with E-state index in [9.17, 15) is 8.42 Å². The first-order valence-electron chi connectivity index (χ1n) is 9.71. The summed E-state index contributed by atoms with van der Waals surface area (Å²) in [5, 5.41) is 8.91. The number of ether oxygens (including phenoxy) is 2. The number of methoxy groups -OCH3 is 2. The fraction of sp³-hybridized carbons (Fsp3) is 0.238. The van der Waals surface area contributed by atoms with Crippen LogP contribution >= 0.6 is 0 Å². The number of hydrogen-bond donors (Lipinski definition) is 2. The van der Waals surface area contributed by atoms with Crippen LogP contribution in [0.15, 0.2) is 52.0 Å². The average Bonchev–Trinajstić information content (AvgIpc) is 3.39. The Kier molecular flexibility index (Phi) is 5.76. The number of aromatic nitrogens is 3. The van der Waals surface area contributed by atoms with Crippen LogP contribution in [0.2, 0.25) is 0 Å². The Morgan fingerprint density at radius 2 is 1.88 bits per heavy atom. The first-order valence-corrected chi connectivity index (χ1v) is 11.2. The van der Waals surface area contributed by atoms with Gasteiger partial charge in [-0.1, -0.05) is 17.3 Å². The summed E-state index contributed by atoms with van der Waals surface area (Å²) < 4.78 is 46.5. The van der Waals surface area contributed by atoms with Crippen molar-refractivity contribution in [1.29, 1.82) is 0 Å². The van der Waals surface area contributed by atoms with Crippen LogP contribution in [-0.4, -0.2) is 37.6 Å². The van der Waals surface area contributed by atoms with E-state index in [1.54, 1.807) is 28.9 Å². The van der Waals surface area contributed by atoms with Crippen LogP contribution in [0, 0.1) is 6.92 Å². The first-order chi connectivity index (χ1) is 15.4. The van der Waals surface area contributed by atoms with Crippen LogP contribution < -0.4 is 19.9 Å². The third kappa shape index (κ3) is 3.99. The average molecular weight is 458 g/mol. The molecule has 2 aromatic carbocycles. The molecule has 0 bridgehead atoms. The van der Waals surface area contributed by atoms with Crippen molar-refractivity contribution in [2.24, 2.45) is 5.73 Å². The summed E-state index contributed by atoms with van der Waals surface area (Å²) in [4.78, 5) is -0.121. The van der Waals surface area contributed by atoms with E-state index in [1.165, 1.54) is 14.2 Å². The molecule has 0 spiro atoms. The van der Waals surface area contributed by atoms with Gasteiger partial charge in [0.25, 0.3) is 10.0 Å². The summed E-state index contributed by atoms with van der Waals surface area (Å²) in [5.41, 5.74) is 8.60. The molecule has 0 aliphatic heterocycles. The van der Waals surface area contributed by atoms with Gasteiger partial charge in [-0.2, -0.15) is 5.10 Å². The molecule has 0 fully saturated rings. The zero-order valence-electron chi connectivity index (χ0n) is 17.8. The van der Waals surface area contributed by atoms with Crippen LogP contribution in [0.3, 0.4) is 0 Å². The molecular weight excluding hydrogens is 434 g/mol. The molecule has 0 radical (unpaired) electrons. The molecule has 0 saturated carbocycles. The highest BCUT2D eigenvalue weighted by Gasteiger charge is 2.27. The van der Waals surface area contributed by atoms with Crippen molar-refractivity contribution in [3.05, 3.63) is 59.4 Å². The lowest BCUT2D eigenvalue weighted by Gasteiger charge is -2.14. The normalized spacial score (nSPS) is 11.6. The highest BCUT2D eigenvalue weighted by atomic mass is 32.2. The Hall–Kier alpha value is -3.57. The number of aryl methyl sites for hydroxylation is 1. The van der Waals surface area contributed by atoms with E-state index < -0.39 is 10.0 Å². The van der Waals surface area contributed by atoms with E-state index >= 15 is 0 Å². The van der Waals surface area contributed by atoms with Gasteiger partial charge in [0.2, 0.25) is 0 Å². The van der Waals surface area contributed by atoms with Crippen molar-refractivity contribution in [1.82, 2.24) is 14.9 Å². The van der Waals surface area contributed by atoms with Crippen molar-refractivity contribution in [2.45, 2.75) is 24.9 Å². The maximum Gasteiger partial charge on any atom is 0.270 e. The number of benzene rings is 2. The highest BCUT2D eigenvalue weighted by Crippen LogP contribution is 2.36. The summed E-state index contributed by atoms with van der Waals surface area (Å²) in [6, 6.07) is 10.3. The molecular formula is C21H23N5O5S. The number of nitrogens with zero attached hydrogens (tertiary/aromatic N) is 3. The molecule has 3 N–H and O–H groups in total. The maximum atomic E-state index is 13.2. The molecule has 2 heterocycles. The Morgan fingerprint density at radius 1 is 1.16 bits per heavy atom. The smallest absolute Gasteiger partial charge is 0.270 e. The predicted molar refractivity (Wildman–Crippen MR) is 118 cm³/mol. The fourth-order valence-corrected chi connectivity index (χ4v) is 4.88. The lowest BCUT2D eigenvalue weighted by molar-refractivity contribution is 0.373. The number of sulfonamides is 1. The third-order valence-corrected chi connectivity index (χ3v) is 6.37. The third-order valence-electron chi connectivity index (χ3n) is 4.96. The molecule has 10 nitrogen and oxygen atoms in total.